The number of anilines is 1. The Balaban J connectivity index is 1.71. The number of rotatable bonds is 5. The first-order valence-electron chi connectivity index (χ1n) is 12.7. The maximum atomic E-state index is 15.4. The smallest absolute Gasteiger partial charge is 0.413 e. The number of carbonyl (C=O) groups is 2. The summed E-state index contributed by atoms with van der Waals surface area (Å²) in [6, 6.07) is 4.63. The van der Waals surface area contributed by atoms with E-state index in [0.29, 0.717) is 6.42 Å². The van der Waals surface area contributed by atoms with Crippen LogP contribution < -0.4 is 15.4 Å². The number of nitrogens with one attached hydrogen (secondary N) is 2. The van der Waals surface area contributed by atoms with E-state index in [-0.39, 0.29) is 35.3 Å². The molecule has 2 aliphatic heterocycles. The number of hydrogen-bond donors (Lipinski definition) is 2. The van der Waals surface area contributed by atoms with E-state index in [1.807, 2.05) is 0 Å². The lowest BCUT2D eigenvalue weighted by Crippen LogP contribution is -2.61. The van der Waals surface area contributed by atoms with Crippen LogP contribution in [0.4, 0.5) is 23.8 Å². The lowest BCUT2D eigenvalue weighted by atomic mass is 9.89. The number of nitrogens with zero attached hydrogens (tertiary/aromatic N) is 4. The normalized spacial score (nSPS) is 25.0. The van der Waals surface area contributed by atoms with E-state index < -0.39 is 55.3 Å². The molecule has 0 bridgehead atoms. The molecule has 0 fully saturated rings. The predicted octanol–water partition coefficient (Wildman–Crippen LogP) is 4.64. The van der Waals surface area contributed by atoms with E-state index in [0.717, 1.165) is 18.3 Å². The van der Waals surface area contributed by atoms with Gasteiger partial charge >= 0.3 is 12.7 Å². The highest BCUT2D eigenvalue weighted by Gasteiger charge is 2.58. The van der Waals surface area contributed by atoms with Crippen molar-refractivity contribution in [2.24, 2.45) is 9.36 Å². The zero-order valence-electron chi connectivity index (χ0n) is 23.3. The van der Waals surface area contributed by atoms with Crippen LogP contribution >= 0.6 is 0 Å². The number of carbonyl (C=O) groups excluding carboxylic acids is 2. The molecule has 0 spiro atoms. The first kappa shape index (κ1) is 30.2. The van der Waals surface area contributed by atoms with Crippen LogP contribution in [0, 0.1) is 5.82 Å². The largest absolute Gasteiger partial charge is 0.444 e. The Hall–Kier alpha value is -3.75. The molecule has 2 aromatic rings. The summed E-state index contributed by atoms with van der Waals surface area (Å²) in [5.74, 6) is -1.81. The van der Waals surface area contributed by atoms with Crippen LogP contribution in [0.1, 0.15) is 64.1 Å². The Labute approximate surface area is 235 Å². The van der Waals surface area contributed by atoms with Gasteiger partial charge in [-0.15, -0.1) is 0 Å². The summed E-state index contributed by atoms with van der Waals surface area (Å²) >= 11 is 0. The van der Waals surface area contributed by atoms with Crippen molar-refractivity contribution in [3.63, 3.8) is 0 Å². The van der Waals surface area contributed by atoms with Gasteiger partial charge in [-0.3, -0.25) is 15.1 Å². The van der Waals surface area contributed by atoms with Gasteiger partial charge in [-0.25, -0.2) is 27.7 Å². The van der Waals surface area contributed by atoms with Crippen LogP contribution in [0.2, 0.25) is 0 Å². The number of alkyl carbamates (subject to hydrolysis) is 1. The number of aliphatic imine (C=N–C) groups is 1. The lowest BCUT2D eigenvalue weighted by Gasteiger charge is -2.44. The fourth-order valence-corrected chi connectivity index (χ4v) is 7.94. The number of alkyl halides is 2. The molecule has 2 N–H and O–H groups in total. The number of fused-ring (bicyclic) bond motifs is 1. The topological polar surface area (TPSA) is 144 Å². The first-order chi connectivity index (χ1) is 19.0. The Morgan fingerprint density at radius 2 is 1.83 bits per heavy atom. The summed E-state index contributed by atoms with van der Waals surface area (Å²) in [7, 11) is -3.12. The molecule has 222 valence electrons. The Kier molecular flexibility index (Phi) is 7.80. The molecule has 2 aliphatic rings. The number of amides is 2. The fourth-order valence-electron chi connectivity index (χ4n) is 4.76. The van der Waals surface area contributed by atoms with Crippen molar-refractivity contribution in [1.82, 2.24) is 15.3 Å². The van der Waals surface area contributed by atoms with Crippen molar-refractivity contribution >= 4 is 33.4 Å². The molecule has 0 aliphatic carbocycles. The van der Waals surface area contributed by atoms with E-state index in [1.54, 1.807) is 41.5 Å². The van der Waals surface area contributed by atoms with Gasteiger partial charge in [0.1, 0.15) is 50.5 Å². The van der Waals surface area contributed by atoms with E-state index >= 15 is 4.39 Å². The molecule has 15 heteroatoms. The molecular weight excluding hydrogens is 565 g/mol. The molecular formula is C26H31F3N6O5S. The van der Waals surface area contributed by atoms with Crippen molar-refractivity contribution in [2.45, 2.75) is 75.7 Å². The SMILES string of the molecule is CC(C)(C)OC(=O)NC1=N[C@](C)(c2nc(NC(=O)c3ccc(OC(F)F)cn3)ccc2F)[C@@H]2CCN=S2(=O)C1(C)C. The molecule has 0 saturated carbocycles. The molecule has 1 unspecified atom stereocenters. The Morgan fingerprint density at radius 1 is 1.12 bits per heavy atom. The minimum atomic E-state index is -3.12. The molecule has 0 radical (unpaired) electrons. The van der Waals surface area contributed by atoms with Crippen LogP contribution in [-0.2, 0) is 20.0 Å². The molecule has 4 heterocycles. The van der Waals surface area contributed by atoms with E-state index in [1.165, 1.54) is 12.1 Å². The van der Waals surface area contributed by atoms with Gasteiger partial charge in [0, 0.05) is 6.54 Å². The number of halogens is 3. The van der Waals surface area contributed by atoms with Crippen molar-refractivity contribution in [3.05, 3.63) is 47.7 Å². The predicted molar refractivity (Wildman–Crippen MR) is 145 cm³/mol. The number of hydrogen-bond acceptors (Lipinski definition) is 9. The third-order valence-corrected chi connectivity index (χ3v) is 10.4. The minimum absolute atomic E-state index is 0.00657. The number of ether oxygens (including phenoxy) is 2. The number of aromatic nitrogens is 2. The summed E-state index contributed by atoms with van der Waals surface area (Å²) in [6.07, 6.45) is 0.471. The second-order valence-electron chi connectivity index (χ2n) is 11.2. The number of pyridine rings is 2. The zero-order valence-corrected chi connectivity index (χ0v) is 24.1. The van der Waals surface area contributed by atoms with Crippen molar-refractivity contribution in [2.75, 3.05) is 11.9 Å². The van der Waals surface area contributed by atoms with Gasteiger partial charge in [0.2, 0.25) is 0 Å². The molecule has 2 amide bonds. The summed E-state index contributed by atoms with van der Waals surface area (Å²) in [5, 5.41) is 4.33. The van der Waals surface area contributed by atoms with Gasteiger partial charge in [0.25, 0.3) is 5.91 Å². The van der Waals surface area contributed by atoms with Gasteiger partial charge in [-0.2, -0.15) is 8.78 Å². The monoisotopic (exact) mass is 596 g/mol. The molecule has 0 aromatic carbocycles. The summed E-state index contributed by atoms with van der Waals surface area (Å²) in [6.45, 7) is 7.12. The molecule has 0 saturated heterocycles. The molecule has 41 heavy (non-hydrogen) atoms. The third-order valence-electron chi connectivity index (χ3n) is 6.71. The molecule has 2 aromatic heterocycles. The second kappa shape index (κ2) is 10.6. The Morgan fingerprint density at radius 3 is 2.44 bits per heavy atom. The molecule has 3 atom stereocenters. The first-order valence-corrected chi connectivity index (χ1v) is 14.2. The van der Waals surface area contributed by atoms with Gasteiger partial charge in [-0.05, 0) is 72.2 Å². The van der Waals surface area contributed by atoms with Gasteiger partial charge in [0.15, 0.2) is 0 Å². The van der Waals surface area contributed by atoms with Crippen molar-refractivity contribution < 1.29 is 36.4 Å². The highest BCUT2D eigenvalue weighted by molar-refractivity contribution is 7.96. The lowest BCUT2D eigenvalue weighted by molar-refractivity contribution is -0.0500. The van der Waals surface area contributed by atoms with Gasteiger partial charge in [-0.1, -0.05) is 0 Å². The Bertz CT molecular complexity index is 1520. The quantitative estimate of drug-likeness (QED) is 0.512. The standard InChI is InChI=1S/C26H31F3N6O5S/c1-24(2,3)40-23(37)34-21-25(4,5)41(38)17(11-12-31-41)26(6,35-21)19-15(27)8-10-18(32-19)33-20(36)16-9-7-14(13-30-16)39-22(28)29/h7-10,13,17,22H,11-12H2,1-6H3,(H,32,33,36)(H,34,35,37)/t17-,26-,41?/m0/s1. The van der Waals surface area contributed by atoms with E-state index in [2.05, 4.69) is 29.7 Å². The summed E-state index contributed by atoms with van der Waals surface area (Å²) < 4.78 is 67.4. The molecule has 4 rings (SSSR count). The summed E-state index contributed by atoms with van der Waals surface area (Å²) in [5.41, 5.74) is -2.71. The average Bonchev–Trinajstić information content (AvgIpc) is 3.27. The maximum absolute atomic E-state index is 15.4. The van der Waals surface area contributed by atoms with E-state index in [4.69, 9.17) is 9.73 Å². The third kappa shape index (κ3) is 5.85. The average molecular weight is 597 g/mol. The van der Waals surface area contributed by atoms with Crippen molar-refractivity contribution in [3.8, 4) is 5.75 Å². The fraction of sp³-hybridized carbons (Fsp3) is 0.500. The number of amidine groups is 1. The van der Waals surface area contributed by atoms with Gasteiger partial charge < -0.3 is 14.8 Å². The van der Waals surface area contributed by atoms with Crippen LogP contribution in [0.25, 0.3) is 0 Å². The van der Waals surface area contributed by atoms with Crippen LogP contribution in [0.5, 0.6) is 5.75 Å². The highest BCUT2D eigenvalue weighted by Crippen LogP contribution is 2.47. The highest BCUT2D eigenvalue weighted by atomic mass is 32.2. The maximum Gasteiger partial charge on any atom is 0.413 e. The zero-order chi connectivity index (χ0) is 30.4. The van der Waals surface area contributed by atoms with Gasteiger partial charge in [0.05, 0.1) is 21.2 Å². The van der Waals surface area contributed by atoms with Crippen LogP contribution in [0.15, 0.2) is 39.8 Å². The van der Waals surface area contributed by atoms with Crippen molar-refractivity contribution in [1.29, 1.82) is 0 Å². The molecule has 11 nitrogen and oxygen atoms in total. The second-order valence-corrected chi connectivity index (χ2v) is 14.2. The van der Waals surface area contributed by atoms with Crippen LogP contribution in [0.3, 0.4) is 0 Å². The van der Waals surface area contributed by atoms with E-state index in [9.17, 15) is 22.6 Å². The van der Waals surface area contributed by atoms with Crippen LogP contribution in [-0.4, -0.2) is 60.8 Å². The summed E-state index contributed by atoms with van der Waals surface area (Å²) in [4.78, 5) is 38.3. The minimum Gasteiger partial charge on any atom is -0.444 e.